The minimum absolute atomic E-state index is 0.0359. The Morgan fingerprint density at radius 1 is 1.03 bits per heavy atom. The molecule has 0 aliphatic carbocycles. The van der Waals surface area contributed by atoms with Crippen LogP contribution in [-0.4, -0.2) is 78.9 Å². The lowest BCUT2D eigenvalue weighted by molar-refractivity contribution is -0.0742. The largest absolute Gasteiger partial charge is 0.490 e. The van der Waals surface area contributed by atoms with Crippen molar-refractivity contribution in [2.45, 2.75) is 37.9 Å². The van der Waals surface area contributed by atoms with E-state index in [2.05, 4.69) is 41.0 Å². The summed E-state index contributed by atoms with van der Waals surface area (Å²) in [5.41, 5.74) is 0.910. The van der Waals surface area contributed by atoms with E-state index in [0.29, 0.717) is 50.4 Å². The summed E-state index contributed by atoms with van der Waals surface area (Å²) < 4.78 is 25.0. The molecule has 2 aromatic rings. The van der Waals surface area contributed by atoms with Crippen LogP contribution in [0.2, 0.25) is 0 Å². The molecule has 7 heteroatoms. The lowest BCUT2D eigenvalue weighted by Gasteiger charge is -2.42. The van der Waals surface area contributed by atoms with Gasteiger partial charge in [0.1, 0.15) is 23.8 Å². The third-order valence-electron chi connectivity index (χ3n) is 6.66. The molecule has 0 amide bonds. The standard InChI is InChI=1S/C26H35FN2O4/c1-20-4-3-5-22(14-20)29-10-8-25(30,9-11-29)16-28-12-13-32-18-26(31,17-28)19-33-23-6-7-24(27)21(2)15-23/h3-7,14-15,30-31H,8-13,16-19H2,1-2H3/t26-/m1/s1. The van der Waals surface area contributed by atoms with Crippen LogP contribution in [0.4, 0.5) is 10.1 Å². The van der Waals surface area contributed by atoms with Crippen LogP contribution in [0.15, 0.2) is 42.5 Å². The zero-order valence-corrected chi connectivity index (χ0v) is 19.6. The van der Waals surface area contributed by atoms with Crippen LogP contribution in [0.25, 0.3) is 0 Å². The predicted octanol–water partition coefficient (Wildman–Crippen LogP) is 2.92. The molecule has 2 fully saturated rings. The summed E-state index contributed by atoms with van der Waals surface area (Å²) in [7, 11) is 0. The maximum absolute atomic E-state index is 13.5. The van der Waals surface area contributed by atoms with Crippen LogP contribution in [0.1, 0.15) is 24.0 Å². The Morgan fingerprint density at radius 2 is 1.82 bits per heavy atom. The van der Waals surface area contributed by atoms with E-state index in [0.717, 1.165) is 13.1 Å². The smallest absolute Gasteiger partial charge is 0.134 e. The second-order valence-corrected chi connectivity index (χ2v) is 9.74. The van der Waals surface area contributed by atoms with Crippen molar-refractivity contribution in [3.05, 3.63) is 59.4 Å². The van der Waals surface area contributed by atoms with Gasteiger partial charge < -0.3 is 24.6 Å². The SMILES string of the molecule is Cc1cccc(N2CCC(O)(CN3CCOC[C@@](O)(COc4ccc(F)c(C)c4)C3)CC2)c1. The Balaban J connectivity index is 1.34. The van der Waals surface area contributed by atoms with Crippen molar-refractivity contribution in [1.82, 2.24) is 4.90 Å². The minimum Gasteiger partial charge on any atom is -0.490 e. The molecule has 0 unspecified atom stereocenters. The Morgan fingerprint density at radius 3 is 2.55 bits per heavy atom. The summed E-state index contributed by atoms with van der Waals surface area (Å²) in [5.74, 6) is 0.229. The van der Waals surface area contributed by atoms with E-state index in [1.807, 2.05) is 0 Å². The van der Waals surface area contributed by atoms with Crippen LogP contribution >= 0.6 is 0 Å². The number of halogens is 1. The van der Waals surface area contributed by atoms with E-state index in [4.69, 9.17) is 9.47 Å². The molecule has 2 heterocycles. The number of β-amino-alcohol motifs (C(OH)–C–C–N with tert-alkyl or cyclic N) is 2. The van der Waals surface area contributed by atoms with Crippen LogP contribution in [0, 0.1) is 19.7 Å². The lowest BCUT2D eigenvalue weighted by Crippen LogP contribution is -2.55. The van der Waals surface area contributed by atoms with Gasteiger partial charge in [0.05, 0.1) is 18.8 Å². The van der Waals surface area contributed by atoms with Crippen LogP contribution in [0.5, 0.6) is 5.75 Å². The van der Waals surface area contributed by atoms with Crippen molar-refractivity contribution < 1.29 is 24.1 Å². The maximum Gasteiger partial charge on any atom is 0.134 e. The highest BCUT2D eigenvalue weighted by molar-refractivity contribution is 5.48. The molecule has 180 valence electrons. The molecular formula is C26H35FN2O4. The maximum atomic E-state index is 13.5. The van der Waals surface area contributed by atoms with Crippen LogP contribution in [0.3, 0.4) is 0 Å². The molecule has 33 heavy (non-hydrogen) atoms. The number of ether oxygens (including phenoxy) is 2. The van der Waals surface area contributed by atoms with Gasteiger partial charge in [-0.25, -0.2) is 4.39 Å². The van der Waals surface area contributed by atoms with E-state index in [1.54, 1.807) is 19.1 Å². The topological polar surface area (TPSA) is 65.4 Å². The van der Waals surface area contributed by atoms with E-state index in [1.165, 1.54) is 17.3 Å². The van der Waals surface area contributed by atoms with Crippen molar-refractivity contribution in [1.29, 1.82) is 0 Å². The molecule has 1 atom stereocenters. The first-order valence-electron chi connectivity index (χ1n) is 11.7. The van der Waals surface area contributed by atoms with Crippen molar-refractivity contribution in [3.63, 3.8) is 0 Å². The number of hydrogen-bond acceptors (Lipinski definition) is 6. The number of aliphatic hydroxyl groups is 2. The van der Waals surface area contributed by atoms with Crippen LogP contribution in [-0.2, 0) is 4.74 Å². The molecule has 0 spiro atoms. The molecule has 0 saturated carbocycles. The first-order valence-corrected chi connectivity index (χ1v) is 11.7. The van der Waals surface area contributed by atoms with Gasteiger partial charge in [0.15, 0.2) is 0 Å². The fraction of sp³-hybridized carbons (Fsp3) is 0.538. The summed E-state index contributed by atoms with van der Waals surface area (Å²) in [6, 6.07) is 13.0. The van der Waals surface area contributed by atoms with Crippen molar-refractivity contribution >= 4 is 5.69 Å². The number of anilines is 1. The van der Waals surface area contributed by atoms with Gasteiger partial charge in [0, 0.05) is 38.4 Å². The van der Waals surface area contributed by atoms with E-state index < -0.39 is 11.2 Å². The molecule has 0 radical (unpaired) electrons. The Bertz CT molecular complexity index is 948. The normalized spacial score (nSPS) is 23.8. The van der Waals surface area contributed by atoms with E-state index in [9.17, 15) is 14.6 Å². The first-order chi connectivity index (χ1) is 15.7. The summed E-state index contributed by atoms with van der Waals surface area (Å²) in [5, 5.41) is 22.5. The van der Waals surface area contributed by atoms with Gasteiger partial charge in [-0.1, -0.05) is 12.1 Å². The number of benzene rings is 2. The van der Waals surface area contributed by atoms with Gasteiger partial charge in [-0.15, -0.1) is 0 Å². The Kier molecular flexibility index (Phi) is 7.24. The van der Waals surface area contributed by atoms with Gasteiger partial charge in [-0.05, 0) is 68.1 Å². The molecule has 2 aromatic carbocycles. The molecule has 4 rings (SSSR count). The molecule has 2 aliphatic heterocycles. The molecule has 0 aromatic heterocycles. The van der Waals surface area contributed by atoms with Crippen LogP contribution < -0.4 is 9.64 Å². The molecule has 2 N–H and O–H groups in total. The van der Waals surface area contributed by atoms with Gasteiger partial charge >= 0.3 is 0 Å². The average Bonchev–Trinajstić information content (AvgIpc) is 2.96. The summed E-state index contributed by atoms with van der Waals surface area (Å²) >= 11 is 0. The van der Waals surface area contributed by atoms with E-state index in [-0.39, 0.29) is 19.0 Å². The second kappa shape index (κ2) is 9.97. The van der Waals surface area contributed by atoms with Crippen molar-refractivity contribution in [3.8, 4) is 5.75 Å². The van der Waals surface area contributed by atoms with Gasteiger partial charge in [-0.3, -0.25) is 4.90 Å². The third kappa shape index (κ3) is 6.23. The Labute approximate surface area is 195 Å². The zero-order valence-electron chi connectivity index (χ0n) is 19.6. The monoisotopic (exact) mass is 458 g/mol. The van der Waals surface area contributed by atoms with Gasteiger partial charge in [-0.2, -0.15) is 0 Å². The molecule has 2 aliphatic rings. The summed E-state index contributed by atoms with van der Waals surface area (Å²) in [6.45, 7) is 7.50. The first kappa shape index (κ1) is 24.0. The predicted molar refractivity (Wildman–Crippen MR) is 126 cm³/mol. The minimum atomic E-state index is -1.21. The number of rotatable bonds is 6. The zero-order chi connectivity index (χ0) is 23.5. The number of nitrogens with zero attached hydrogens (tertiary/aromatic N) is 2. The highest BCUT2D eigenvalue weighted by Crippen LogP contribution is 2.29. The third-order valence-corrected chi connectivity index (χ3v) is 6.66. The van der Waals surface area contributed by atoms with Gasteiger partial charge in [0.25, 0.3) is 0 Å². The number of hydrogen-bond donors (Lipinski definition) is 2. The van der Waals surface area contributed by atoms with E-state index >= 15 is 0 Å². The van der Waals surface area contributed by atoms with Crippen molar-refractivity contribution in [2.75, 3.05) is 57.4 Å². The fourth-order valence-electron chi connectivity index (χ4n) is 4.72. The Hall–Kier alpha value is -2.19. The van der Waals surface area contributed by atoms with Gasteiger partial charge in [0.2, 0.25) is 0 Å². The lowest BCUT2D eigenvalue weighted by atomic mass is 9.90. The quantitative estimate of drug-likeness (QED) is 0.694. The highest BCUT2D eigenvalue weighted by Gasteiger charge is 2.39. The molecule has 2 saturated heterocycles. The molecule has 6 nitrogen and oxygen atoms in total. The number of aryl methyl sites for hydroxylation is 2. The number of piperidine rings is 1. The molecular weight excluding hydrogens is 423 g/mol. The molecule has 0 bridgehead atoms. The second-order valence-electron chi connectivity index (χ2n) is 9.74. The highest BCUT2D eigenvalue weighted by atomic mass is 19.1. The fourth-order valence-corrected chi connectivity index (χ4v) is 4.72. The summed E-state index contributed by atoms with van der Waals surface area (Å²) in [6.07, 6.45) is 1.34. The average molecular weight is 459 g/mol. The van der Waals surface area contributed by atoms with Crippen molar-refractivity contribution in [2.24, 2.45) is 0 Å². The summed E-state index contributed by atoms with van der Waals surface area (Å²) in [4.78, 5) is 4.40.